The molecule has 3 heterocycles. The van der Waals surface area contributed by atoms with Crippen LogP contribution in [0.5, 0.6) is 5.75 Å². The van der Waals surface area contributed by atoms with Crippen LogP contribution in [0.25, 0.3) is 10.9 Å². The van der Waals surface area contributed by atoms with Gasteiger partial charge in [0, 0.05) is 85.8 Å². The summed E-state index contributed by atoms with van der Waals surface area (Å²) in [5, 5.41) is 21.7. The molecule has 7 atom stereocenters. The highest BCUT2D eigenvalue weighted by Gasteiger charge is 2.45. The first kappa shape index (κ1) is 59.5. The maximum atomic E-state index is 15.5. The zero-order valence-electron chi connectivity index (χ0n) is 45.2. The van der Waals surface area contributed by atoms with E-state index < -0.39 is 83.9 Å². The number of aromatic nitrogens is 1. The van der Waals surface area contributed by atoms with E-state index in [0.717, 1.165) is 34.9 Å². The van der Waals surface area contributed by atoms with Crippen LogP contribution in [-0.2, 0) is 59.4 Å². The fourth-order valence-corrected chi connectivity index (χ4v) is 11.5. The Morgan fingerprint density at radius 2 is 1.20 bits per heavy atom. The summed E-state index contributed by atoms with van der Waals surface area (Å²) in [5.41, 5.74) is 4.31. The average molecular weight is 1340 g/mol. The lowest BCUT2D eigenvalue weighted by Crippen LogP contribution is -2.61. The second-order valence-corrected chi connectivity index (χ2v) is 22.7. The number of fused-ring (bicyclic) bond motifs is 2. The Hall–Kier alpha value is -7.09. The molecule has 1 aliphatic carbocycles. The Balaban J connectivity index is 1.09. The first-order chi connectivity index (χ1) is 39.9. The van der Waals surface area contributed by atoms with Crippen molar-refractivity contribution in [1.82, 2.24) is 48.4 Å². The molecule has 21 heteroatoms. The summed E-state index contributed by atoms with van der Waals surface area (Å²) >= 11 is 4.21. The van der Waals surface area contributed by atoms with Crippen LogP contribution in [0.1, 0.15) is 72.4 Å². The molecular weight excluding hydrogens is 1270 g/mol. The third-order valence-corrected chi connectivity index (χ3v) is 16.1. The maximum Gasteiger partial charge on any atom is 0.407 e. The van der Waals surface area contributed by atoms with Gasteiger partial charge in [-0.3, -0.25) is 35.1 Å². The molecular formula is C61H68I2N10O9. The molecule has 6 aromatic rings. The molecule has 2 saturated heterocycles. The second kappa shape index (κ2) is 29.2. The number of rotatable bonds is 20. The van der Waals surface area contributed by atoms with Crippen LogP contribution in [0.3, 0.4) is 0 Å². The van der Waals surface area contributed by atoms with Crippen LogP contribution in [-0.4, -0.2) is 118 Å². The number of alkyl carbamates (subject to hydrolysis) is 1. The average Bonchev–Trinajstić information content (AvgIpc) is 4.29. The smallest absolute Gasteiger partial charge is 0.407 e. The molecule has 3 aliphatic rings. The van der Waals surface area contributed by atoms with Crippen LogP contribution < -0.4 is 45.5 Å². The van der Waals surface area contributed by atoms with Crippen LogP contribution >= 0.6 is 45.7 Å². The topological polar surface area (TPSA) is 242 Å². The van der Waals surface area contributed by atoms with Crippen molar-refractivity contribution in [3.8, 4) is 5.75 Å². The van der Waals surface area contributed by atoms with Gasteiger partial charge in [0.1, 0.15) is 54.7 Å². The third kappa shape index (κ3) is 16.6. The van der Waals surface area contributed by atoms with E-state index in [2.05, 4.69) is 86.5 Å². The van der Waals surface area contributed by atoms with E-state index in [-0.39, 0.29) is 45.2 Å². The first-order valence-electron chi connectivity index (χ1n) is 27.8. The third-order valence-electron chi connectivity index (χ3n) is 14.8. The van der Waals surface area contributed by atoms with Gasteiger partial charge in [0.2, 0.25) is 35.4 Å². The lowest BCUT2D eigenvalue weighted by atomic mass is 9.99. The molecule has 8 N–H and O–H groups in total. The van der Waals surface area contributed by atoms with E-state index in [1.807, 2.05) is 81.8 Å². The summed E-state index contributed by atoms with van der Waals surface area (Å²) in [4.78, 5) is 106. The van der Waals surface area contributed by atoms with Gasteiger partial charge in [-0.05, 0) is 78.1 Å². The van der Waals surface area contributed by atoms with Crippen molar-refractivity contribution in [2.75, 3.05) is 26.2 Å². The minimum Gasteiger partial charge on any atom is -0.489 e. The highest BCUT2D eigenvalue weighted by atomic mass is 127. The summed E-state index contributed by atoms with van der Waals surface area (Å²) in [7, 11) is 0. The quantitative estimate of drug-likeness (QED) is 0.0258. The number of nitrogens with one attached hydrogen (secondary N) is 8. The van der Waals surface area contributed by atoms with E-state index in [0.29, 0.717) is 61.0 Å². The van der Waals surface area contributed by atoms with Crippen LogP contribution in [0, 0.1) is 0 Å². The molecule has 7 amide bonds. The monoisotopic (exact) mass is 1340 g/mol. The van der Waals surface area contributed by atoms with Crippen LogP contribution in [0.2, 0.25) is 0 Å². The molecule has 1 aromatic heterocycles. The normalized spacial score (nSPS) is 21.9. The number of hydrogen-bond acceptors (Lipinski definition) is 11. The standard InChI is InChI=1S/C61H68I2N10O9/c62-66-29-13-12-21-48-55(74)68-49(32-40-23-27-45(28-24-40)81-38-41-16-6-2-7-17-41)56(75)70-51(33-39-14-4-1-5-15-39)60(79)72-37-46(82-61(80)65-31-30-64-44-25-26-44)35-53(72)58(77)71-54(42-18-8-3-9-19-42)59(78)69-50(57(76)67-48)34-43-36-73(63)52-22-11-10-20-47(43)52/h1-11,14-20,22-24,27-28,36,44,46,48-51,53-54,64,66H,12-13,21,25-26,29-35,37-38H2,(H,65,80)(H,67,76)(H,68,74)(H,69,78)(H,70,75)(H,71,77)/t46?,48-,49-,50?,51-,53+,54-/m1/s1. The molecule has 2 unspecified atom stereocenters. The highest BCUT2D eigenvalue weighted by Crippen LogP contribution is 2.28. The van der Waals surface area contributed by atoms with E-state index in [1.54, 1.807) is 66.7 Å². The van der Waals surface area contributed by atoms with Crippen molar-refractivity contribution in [3.63, 3.8) is 0 Å². The summed E-state index contributed by atoms with van der Waals surface area (Å²) in [6, 6.07) is 34.7. The highest BCUT2D eigenvalue weighted by molar-refractivity contribution is 14.1. The number of hydrogen-bond donors (Lipinski definition) is 8. The number of ether oxygens (including phenoxy) is 2. The van der Waals surface area contributed by atoms with E-state index in [4.69, 9.17) is 9.47 Å². The van der Waals surface area contributed by atoms with Crippen molar-refractivity contribution in [2.24, 2.45) is 0 Å². The number of carbonyl (C=O) groups is 7. The minimum absolute atomic E-state index is 0.0157. The predicted octanol–water partition coefficient (Wildman–Crippen LogP) is 5.81. The minimum atomic E-state index is -1.40. The fourth-order valence-electron chi connectivity index (χ4n) is 10.3. The zero-order chi connectivity index (χ0) is 57.4. The van der Waals surface area contributed by atoms with Gasteiger partial charge >= 0.3 is 6.09 Å². The molecule has 2 aliphatic heterocycles. The number of amides is 7. The summed E-state index contributed by atoms with van der Waals surface area (Å²) < 4.78 is 17.0. The number of benzene rings is 5. The molecule has 0 bridgehead atoms. The number of nitrogens with zero attached hydrogens (tertiary/aromatic N) is 2. The maximum absolute atomic E-state index is 15.5. The summed E-state index contributed by atoms with van der Waals surface area (Å²) in [6.07, 6.45) is 3.38. The van der Waals surface area contributed by atoms with Gasteiger partial charge in [-0.25, -0.2) is 4.79 Å². The molecule has 0 radical (unpaired) electrons. The van der Waals surface area contributed by atoms with Gasteiger partial charge in [-0.15, -0.1) is 0 Å². The van der Waals surface area contributed by atoms with E-state index in [1.165, 1.54) is 4.90 Å². The van der Waals surface area contributed by atoms with Gasteiger partial charge in [0.05, 0.1) is 34.9 Å². The second-order valence-electron chi connectivity index (χ2n) is 20.9. The van der Waals surface area contributed by atoms with Gasteiger partial charge in [-0.2, -0.15) is 0 Å². The fraction of sp³-hybridized carbons (Fsp3) is 0.361. The Labute approximate surface area is 504 Å². The van der Waals surface area contributed by atoms with E-state index >= 15 is 28.8 Å². The molecule has 5 aromatic carbocycles. The number of halogens is 2. The molecule has 82 heavy (non-hydrogen) atoms. The lowest BCUT2D eigenvalue weighted by Gasteiger charge is -2.32. The molecule has 1 saturated carbocycles. The first-order valence-corrected chi connectivity index (χ1v) is 29.9. The van der Waals surface area contributed by atoms with Gasteiger partial charge < -0.3 is 51.6 Å². The largest absolute Gasteiger partial charge is 0.489 e. The lowest BCUT2D eigenvalue weighted by molar-refractivity contribution is -0.143. The Kier molecular flexibility index (Phi) is 21.2. The van der Waals surface area contributed by atoms with Gasteiger partial charge in [-0.1, -0.05) is 121 Å². The SMILES string of the molecule is O=C(NCCNC1CC1)OC1C[C@H]2C(=O)N[C@H](c3ccccc3)C(=O)NC(Cc3cn(I)c4ccccc34)C(=O)N[C@H](CCCCNI)C(=O)N[C@H](Cc3ccc(OCc4ccccc4)cc3)C(=O)N[C@H](Cc3ccccc3)C(=O)N2C1. The molecule has 430 valence electrons. The van der Waals surface area contributed by atoms with Crippen molar-refractivity contribution < 1.29 is 43.0 Å². The summed E-state index contributed by atoms with van der Waals surface area (Å²) in [6.45, 7) is 1.54. The van der Waals surface area contributed by atoms with Crippen molar-refractivity contribution in [2.45, 2.75) is 113 Å². The van der Waals surface area contributed by atoms with Crippen molar-refractivity contribution in [3.05, 3.63) is 174 Å². The van der Waals surface area contributed by atoms with Gasteiger partial charge in [0.15, 0.2) is 0 Å². The Morgan fingerprint density at radius 3 is 1.90 bits per heavy atom. The molecule has 0 spiro atoms. The summed E-state index contributed by atoms with van der Waals surface area (Å²) in [5.74, 6) is -3.58. The van der Waals surface area contributed by atoms with Gasteiger partial charge in [0.25, 0.3) is 0 Å². The van der Waals surface area contributed by atoms with Crippen molar-refractivity contribution >= 4 is 98.2 Å². The van der Waals surface area contributed by atoms with Crippen LogP contribution in [0.4, 0.5) is 4.79 Å². The molecule has 9 rings (SSSR count). The Morgan fingerprint density at radius 1 is 0.598 bits per heavy atom. The Bertz CT molecular complexity index is 3150. The predicted molar refractivity (Wildman–Crippen MR) is 326 cm³/mol. The number of para-hydroxylation sites is 1. The van der Waals surface area contributed by atoms with E-state index in [9.17, 15) is 4.79 Å². The molecule has 19 nitrogen and oxygen atoms in total. The van der Waals surface area contributed by atoms with Crippen LogP contribution in [0.15, 0.2) is 146 Å². The molecule has 3 fully saturated rings. The van der Waals surface area contributed by atoms with Crippen molar-refractivity contribution in [1.29, 1.82) is 0 Å². The number of carbonyl (C=O) groups excluding carboxylic acids is 7. The zero-order valence-corrected chi connectivity index (χ0v) is 49.5. The number of unbranched alkanes of at least 4 members (excludes halogenated alkanes) is 1.